The van der Waals surface area contributed by atoms with Gasteiger partial charge in [-0.25, -0.2) is 9.98 Å². The summed E-state index contributed by atoms with van der Waals surface area (Å²) in [6.45, 7) is 4.63. The standard InChI is InChI=1S/C22H30N6.HI/c1-27-12-14-28(15-13-27)21-18(8-5-11-24-21)16-25-22(23)26-20-10-4-7-17-6-2-3-9-19(17)20;/h4-5,7-8,10-11H,2-3,6,9,12-16H2,1H3,(H3,23,25,26);1H. The summed E-state index contributed by atoms with van der Waals surface area (Å²) in [6, 6.07) is 10.5. The molecule has 0 radical (unpaired) electrons. The fourth-order valence-corrected chi connectivity index (χ4v) is 4.10. The Balaban J connectivity index is 0.00000240. The molecule has 2 heterocycles. The van der Waals surface area contributed by atoms with Crippen molar-refractivity contribution in [2.24, 2.45) is 10.7 Å². The number of benzene rings is 1. The van der Waals surface area contributed by atoms with Crippen LogP contribution in [0.2, 0.25) is 0 Å². The first-order valence-electron chi connectivity index (χ1n) is 10.3. The van der Waals surface area contributed by atoms with Gasteiger partial charge >= 0.3 is 0 Å². The van der Waals surface area contributed by atoms with Crippen LogP contribution in [0.15, 0.2) is 41.5 Å². The molecule has 2 aromatic rings. The van der Waals surface area contributed by atoms with E-state index in [0.717, 1.165) is 56.1 Å². The maximum Gasteiger partial charge on any atom is 0.193 e. The summed E-state index contributed by atoms with van der Waals surface area (Å²) in [6.07, 6.45) is 6.65. The zero-order valence-electron chi connectivity index (χ0n) is 17.1. The van der Waals surface area contributed by atoms with Crippen molar-refractivity contribution in [2.75, 3.05) is 43.4 Å². The average molecular weight is 506 g/mol. The van der Waals surface area contributed by atoms with E-state index in [-0.39, 0.29) is 24.0 Å². The number of nitrogens with two attached hydrogens (primary N) is 1. The van der Waals surface area contributed by atoms with Crippen LogP contribution in [-0.2, 0) is 19.4 Å². The van der Waals surface area contributed by atoms with E-state index in [1.165, 1.54) is 24.0 Å². The first-order chi connectivity index (χ1) is 13.7. The lowest BCUT2D eigenvalue weighted by atomic mass is 9.90. The lowest BCUT2D eigenvalue weighted by Gasteiger charge is -2.34. The van der Waals surface area contributed by atoms with Crippen LogP contribution in [0.5, 0.6) is 0 Å². The number of pyridine rings is 1. The zero-order valence-corrected chi connectivity index (χ0v) is 19.4. The van der Waals surface area contributed by atoms with Gasteiger partial charge in [0, 0.05) is 43.6 Å². The highest BCUT2D eigenvalue weighted by molar-refractivity contribution is 14.0. The van der Waals surface area contributed by atoms with Crippen LogP contribution in [0.25, 0.3) is 0 Å². The molecular weight excluding hydrogens is 475 g/mol. The summed E-state index contributed by atoms with van der Waals surface area (Å²) >= 11 is 0. The number of nitrogens with one attached hydrogen (secondary N) is 1. The van der Waals surface area contributed by atoms with Crippen molar-refractivity contribution in [3.63, 3.8) is 0 Å². The normalized spacial score (nSPS) is 17.4. The molecule has 0 spiro atoms. The van der Waals surface area contributed by atoms with Crippen LogP contribution in [0.1, 0.15) is 29.5 Å². The molecule has 4 rings (SSSR count). The molecule has 6 nitrogen and oxygen atoms in total. The van der Waals surface area contributed by atoms with Crippen molar-refractivity contribution in [2.45, 2.75) is 32.2 Å². The minimum Gasteiger partial charge on any atom is -0.370 e. The Kier molecular flexibility index (Phi) is 7.71. The van der Waals surface area contributed by atoms with Gasteiger partial charge in [0.1, 0.15) is 5.82 Å². The minimum atomic E-state index is 0. The number of halogens is 1. The molecule has 1 saturated heterocycles. The Morgan fingerprint density at radius 3 is 2.72 bits per heavy atom. The second kappa shape index (κ2) is 10.2. The maximum atomic E-state index is 6.23. The van der Waals surface area contributed by atoms with E-state index in [1.54, 1.807) is 0 Å². The molecule has 1 fully saturated rings. The number of likely N-dealkylation sites (N-methyl/N-ethyl adjacent to an activating group) is 1. The molecule has 7 heteroatoms. The predicted molar refractivity (Wildman–Crippen MR) is 131 cm³/mol. The Morgan fingerprint density at radius 2 is 1.90 bits per heavy atom. The molecule has 0 atom stereocenters. The van der Waals surface area contributed by atoms with Crippen molar-refractivity contribution in [1.29, 1.82) is 0 Å². The molecule has 1 aliphatic carbocycles. The smallest absolute Gasteiger partial charge is 0.193 e. The number of aryl methyl sites for hydroxylation is 1. The summed E-state index contributed by atoms with van der Waals surface area (Å²) in [5.74, 6) is 1.50. The largest absolute Gasteiger partial charge is 0.370 e. The number of guanidine groups is 1. The molecule has 156 valence electrons. The van der Waals surface area contributed by atoms with Crippen molar-refractivity contribution in [1.82, 2.24) is 9.88 Å². The summed E-state index contributed by atoms with van der Waals surface area (Å²) in [5.41, 5.74) is 11.3. The number of hydrogen-bond donors (Lipinski definition) is 2. The van der Waals surface area contributed by atoms with Crippen LogP contribution < -0.4 is 16.0 Å². The second-order valence-corrected chi connectivity index (χ2v) is 7.75. The highest BCUT2D eigenvalue weighted by Gasteiger charge is 2.18. The van der Waals surface area contributed by atoms with Gasteiger partial charge in [0.05, 0.1) is 6.54 Å². The van der Waals surface area contributed by atoms with E-state index < -0.39 is 0 Å². The molecule has 2 aliphatic rings. The number of anilines is 2. The van der Waals surface area contributed by atoms with Gasteiger partial charge in [0.25, 0.3) is 0 Å². The number of rotatable bonds is 4. The molecule has 0 amide bonds. The first kappa shape index (κ1) is 21.8. The van der Waals surface area contributed by atoms with Gasteiger partial charge < -0.3 is 20.9 Å². The van der Waals surface area contributed by atoms with Gasteiger partial charge in [-0.05, 0) is 56.0 Å². The van der Waals surface area contributed by atoms with Gasteiger partial charge in [-0.2, -0.15) is 0 Å². The van der Waals surface area contributed by atoms with Gasteiger partial charge in [-0.15, -0.1) is 24.0 Å². The van der Waals surface area contributed by atoms with Crippen molar-refractivity contribution < 1.29 is 0 Å². The number of nitrogens with zero attached hydrogens (tertiary/aromatic N) is 4. The predicted octanol–water partition coefficient (Wildman–Crippen LogP) is 3.26. The molecule has 1 aromatic carbocycles. The Bertz CT molecular complexity index is 845. The topological polar surface area (TPSA) is 69.8 Å². The van der Waals surface area contributed by atoms with Gasteiger partial charge in [-0.3, -0.25) is 0 Å². The summed E-state index contributed by atoms with van der Waals surface area (Å²) < 4.78 is 0. The summed E-state index contributed by atoms with van der Waals surface area (Å²) in [7, 11) is 2.16. The molecule has 3 N–H and O–H groups in total. The van der Waals surface area contributed by atoms with E-state index in [1.807, 2.05) is 12.3 Å². The molecule has 0 bridgehead atoms. The van der Waals surface area contributed by atoms with Crippen molar-refractivity contribution >= 4 is 41.4 Å². The third kappa shape index (κ3) is 5.39. The third-order valence-corrected chi connectivity index (χ3v) is 5.75. The number of piperazine rings is 1. The Morgan fingerprint density at radius 1 is 1.10 bits per heavy atom. The summed E-state index contributed by atoms with van der Waals surface area (Å²) in [4.78, 5) is 13.9. The number of fused-ring (bicyclic) bond motifs is 1. The second-order valence-electron chi connectivity index (χ2n) is 7.75. The number of aromatic nitrogens is 1. The molecule has 1 aliphatic heterocycles. The van der Waals surface area contributed by atoms with E-state index in [4.69, 9.17) is 5.73 Å². The van der Waals surface area contributed by atoms with Crippen LogP contribution >= 0.6 is 24.0 Å². The minimum absolute atomic E-state index is 0. The highest BCUT2D eigenvalue weighted by Crippen LogP contribution is 2.27. The van der Waals surface area contributed by atoms with Crippen molar-refractivity contribution in [3.8, 4) is 0 Å². The Hall–Kier alpha value is -1.87. The fourth-order valence-electron chi connectivity index (χ4n) is 4.10. The molecule has 1 aromatic heterocycles. The van der Waals surface area contributed by atoms with E-state index in [2.05, 4.69) is 56.4 Å². The van der Waals surface area contributed by atoms with E-state index in [9.17, 15) is 0 Å². The van der Waals surface area contributed by atoms with Crippen LogP contribution in [-0.4, -0.2) is 49.1 Å². The van der Waals surface area contributed by atoms with Crippen LogP contribution in [0.3, 0.4) is 0 Å². The number of aliphatic imine (C=N–C) groups is 1. The maximum absolute atomic E-state index is 6.23. The van der Waals surface area contributed by atoms with Gasteiger partial charge in [0.15, 0.2) is 5.96 Å². The SMILES string of the molecule is CN1CCN(c2ncccc2CN=C(N)Nc2cccc3c2CCCC3)CC1.I. The highest BCUT2D eigenvalue weighted by atomic mass is 127. The molecule has 0 unspecified atom stereocenters. The number of hydrogen-bond acceptors (Lipinski definition) is 4. The van der Waals surface area contributed by atoms with E-state index >= 15 is 0 Å². The molecule has 29 heavy (non-hydrogen) atoms. The van der Waals surface area contributed by atoms with E-state index in [0.29, 0.717) is 12.5 Å². The fraction of sp³-hybridized carbons (Fsp3) is 0.455. The van der Waals surface area contributed by atoms with Crippen LogP contribution in [0.4, 0.5) is 11.5 Å². The zero-order chi connectivity index (χ0) is 19.3. The van der Waals surface area contributed by atoms with Crippen molar-refractivity contribution in [3.05, 3.63) is 53.2 Å². The molecular formula is C22H31IN6. The van der Waals surface area contributed by atoms with Gasteiger partial charge in [-0.1, -0.05) is 18.2 Å². The monoisotopic (exact) mass is 506 g/mol. The van der Waals surface area contributed by atoms with Crippen LogP contribution in [0, 0.1) is 0 Å². The van der Waals surface area contributed by atoms with Gasteiger partial charge in [0.2, 0.25) is 0 Å². The molecule has 0 saturated carbocycles. The quantitative estimate of drug-likeness (QED) is 0.379. The Labute approximate surface area is 190 Å². The third-order valence-electron chi connectivity index (χ3n) is 5.75. The lowest BCUT2D eigenvalue weighted by molar-refractivity contribution is 0.312. The lowest BCUT2D eigenvalue weighted by Crippen LogP contribution is -2.45. The average Bonchev–Trinajstić information content (AvgIpc) is 2.73. The summed E-state index contributed by atoms with van der Waals surface area (Å²) in [5, 5.41) is 3.33. The first-order valence-corrected chi connectivity index (χ1v) is 10.3.